The minimum Gasteiger partial charge on any atom is -0.491 e. The highest BCUT2D eigenvalue weighted by molar-refractivity contribution is 9.10. The molecule has 37 heavy (non-hydrogen) atoms. The molecule has 0 saturated carbocycles. The van der Waals surface area contributed by atoms with E-state index in [0.717, 1.165) is 61.2 Å². The Hall–Kier alpha value is -2.99. The number of halogens is 3. The highest BCUT2D eigenvalue weighted by Gasteiger charge is 2.18. The van der Waals surface area contributed by atoms with Gasteiger partial charge in [-0.05, 0) is 57.7 Å². The zero-order valence-corrected chi connectivity index (χ0v) is 22.1. The van der Waals surface area contributed by atoms with Crippen molar-refractivity contribution in [1.82, 2.24) is 19.8 Å². The number of piperazine rings is 1. The first kappa shape index (κ1) is 25.7. The van der Waals surface area contributed by atoms with Crippen LogP contribution in [-0.2, 0) is 4.79 Å². The molecular weight excluding hydrogens is 566 g/mol. The third-order valence-electron chi connectivity index (χ3n) is 6.03. The SMILES string of the molecule is O=CCN1CCN(CCOc2ccc(-c3nc(Oc4ccc(F)cc4F)c4sccc4n3)cc2Br)CC1. The monoisotopic (exact) mass is 588 g/mol. The summed E-state index contributed by atoms with van der Waals surface area (Å²) in [7, 11) is 0. The number of fused-ring (bicyclic) bond motifs is 1. The van der Waals surface area contributed by atoms with Gasteiger partial charge in [-0.2, -0.15) is 4.98 Å². The Bertz CT molecular complexity index is 1410. The third kappa shape index (κ3) is 6.12. The predicted molar refractivity (Wildman–Crippen MR) is 141 cm³/mol. The number of hydrogen-bond acceptors (Lipinski definition) is 8. The minimum absolute atomic E-state index is 0.115. The van der Waals surface area contributed by atoms with E-state index in [0.29, 0.717) is 34.9 Å². The summed E-state index contributed by atoms with van der Waals surface area (Å²) in [5.41, 5.74) is 1.39. The summed E-state index contributed by atoms with van der Waals surface area (Å²) >= 11 is 4.96. The lowest BCUT2D eigenvalue weighted by Crippen LogP contribution is -2.47. The Labute approximate surface area is 224 Å². The maximum absolute atomic E-state index is 14.2. The average Bonchev–Trinajstić information content (AvgIpc) is 3.37. The van der Waals surface area contributed by atoms with Crippen molar-refractivity contribution in [3.63, 3.8) is 0 Å². The summed E-state index contributed by atoms with van der Waals surface area (Å²) in [5.74, 6) is -0.300. The lowest BCUT2D eigenvalue weighted by Gasteiger charge is -2.33. The second kappa shape index (κ2) is 11.6. The summed E-state index contributed by atoms with van der Waals surface area (Å²) < 4.78 is 40.7. The summed E-state index contributed by atoms with van der Waals surface area (Å²) in [6.07, 6.45) is 0.947. The maximum atomic E-state index is 14.2. The fourth-order valence-electron chi connectivity index (χ4n) is 4.04. The van der Waals surface area contributed by atoms with E-state index in [4.69, 9.17) is 9.47 Å². The molecule has 0 spiro atoms. The quantitative estimate of drug-likeness (QED) is 0.243. The standard InChI is InChI=1S/C26H23BrF2N4O3S/c27-19-15-17(1-3-22(19)35-13-11-33-8-6-32(7-9-33)10-12-34)25-30-21-5-14-37-24(21)26(31-25)36-23-4-2-18(28)16-20(23)29/h1-5,12,14-16H,6-11,13H2. The van der Waals surface area contributed by atoms with E-state index >= 15 is 0 Å². The summed E-state index contributed by atoms with van der Waals surface area (Å²) in [6.45, 7) is 5.39. The van der Waals surface area contributed by atoms with E-state index in [1.54, 1.807) is 0 Å². The van der Waals surface area contributed by atoms with Gasteiger partial charge in [0.25, 0.3) is 0 Å². The van der Waals surface area contributed by atoms with Gasteiger partial charge in [0.05, 0.1) is 16.5 Å². The van der Waals surface area contributed by atoms with Gasteiger partial charge in [0, 0.05) is 44.4 Å². The molecular formula is C26H23BrF2N4O3S. The number of ether oxygens (including phenoxy) is 2. The van der Waals surface area contributed by atoms with Crippen molar-refractivity contribution in [2.24, 2.45) is 0 Å². The second-order valence-corrected chi connectivity index (χ2v) is 10.2. The lowest BCUT2D eigenvalue weighted by atomic mass is 10.2. The normalized spacial score (nSPS) is 14.7. The topological polar surface area (TPSA) is 67.8 Å². The van der Waals surface area contributed by atoms with Gasteiger partial charge in [0.2, 0.25) is 5.88 Å². The van der Waals surface area contributed by atoms with Gasteiger partial charge in [-0.15, -0.1) is 11.3 Å². The Morgan fingerprint density at radius 2 is 1.78 bits per heavy atom. The summed E-state index contributed by atoms with van der Waals surface area (Å²) in [4.78, 5) is 24.3. The molecule has 0 bridgehead atoms. The van der Waals surface area contributed by atoms with Crippen LogP contribution < -0.4 is 9.47 Å². The first-order valence-corrected chi connectivity index (χ1v) is 13.4. The molecule has 11 heteroatoms. The zero-order chi connectivity index (χ0) is 25.8. The molecule has 3 heterocycles. The summed E-state index contributed by atoms with van der Waals surface area (Å²) in [5, 5.41) is 1.85. The van der Waals surface area contributed by atoms with Gasteiger partial charge < -0.3 is 14.3 Å². The Balaban J connectivity index is 1.28. The van der Waals surface area contributed by atoms with Crippen LogP contribution in [-0.4, -0.2) is 71.9 Å². The van der Waals surface area contributed by atoms with Crippen molar-refractivity contribution in [1.29, 1.82) is 0 Å². The van der Waals surface area contributed by atoms with Crippen LogP contribution >= 0.6 is 27.3 Å². The predicted octanol–water partition coefficient (Wildman–Crippen LogP) is 5.39. The van der Waals surface area contributed by atoms with Crippen molar-refractivity contribution >= 4 is 43.8 Å². The number of carbonyl (C=O) groups is 1. The fraction of sp³-hybridized carbons (Fsp3) is 0.269. The zero-order valence-electron chi connectivity index (χ0n) is 19.7. The van der Waals surface area contributed by atoms with E-state index in [1.807, 2.05) is 29.6 Å². The number of aromatic nitrogens is 2. The molecule has 1 saturated heterocycles. The fourth-order valence-corrected chi connectivity index (χ4v) is 5.29. The highest BCUT2D eigenvalue weighted by Crippen LogP contribution is 2.36. The molecule has 0 amide bonds. The summed E-state index contributed by atoms with van der Waals surface area (Å²) in [6, 6.07) is 10.5. The number of thiophene rings is 1. The van der Waals surface area contributed by atoms with Crippen molar-refractivity contribution in [2.45, 2.75) is 0 Å². The van der Waals surface area contributed by atoms with Crippen molar-refractivity contribution < 1.29 is 23.0 Å². The van der Waals surface area contributed by atoms with Crippen LogP contribution in [0, 0.1) is 11.6 Å². The van der Waals surface area contributed by atoms with Crippen LogP contribution in [0.4, 0.5) is 8.78 Å². The van der Waals surface area contributed by atoms with E-state index in [-0.39, 0.29) is 11.6 Å². The van der Waals surface area contributed by atoms with Crippen LogP contribution in [0.5, 0.6) is 17.4 Å². The van der Waals surface area contributed by atoms with Gasteiger partial charge in [0.15, 0.2) is 17.4 Å². The first-order chi connectivity index (χ1) is 18.0. The molecule has 4 aromatic rings. The van der Waals surface area contributed by atoms with Crippen LogP contribution in [0.3, 0.4) is 0 Å². The van der Waals surface area contributed by atoms with Gasteiger partial charge in [-0.3, -0.25) is 9.80 Å². The molecule has 2 aromatic carbocycles. The smallest absolute Gasteiger partial charge is 0.241 e. The third-order valence-corrected chi connectivity index (χ3v) is 7.54. The number of carbonyl (C=O) groups excluding carboxylic acids is 1. The molecule has 7 nitrogen and oxygen atoms in total. The van der Waals surface area contributed by atoms with Crippen LogP contribution in [0.25, 0.3) is 21.6 Å². The molecule has 192 valence electrons. The van der Waals surface area contributed by atoms with Crippen molar-refractivity contribution in [2.75, 3.05) is 45.9 Å². The largest absolute Gasteiger partial charge is 0.491 e. The van der Waals surface area contributed by atoms with Gasteiger partial charge in [0.1, 0.15) is 29.2 Å². The molecule has 5 rings (SSSR count). The second-order valence-electron chi connectivity index (χ2n) is 8.47. The van der Waals surface area contributed by atoms with Gasteiger partial charge in [-0.1, -0.05) is 0 Å². The number of benzene rings is 2. The van der Waals surface area contributed by atoms with Crippen LogP contribution in [0.15, 0.2) is 52.3 Å². The molecule has 1 fully saturated rings. The molecule has 2 aromatic heterocycles. The first-order valence-electron chi connectivity index (χ1n) is 11.7. The van der Waals surface area contributed by atoms with Gasteiger partial charge in [-0.25, -0.2) is 13.8 Å². The van der Waals surface area contributed by atoms with Crippen molar-refractivity contribution in [3.8, 4) is 28.8 Å². The Kier molecular flexibility index (Phi) is 8.04. The van der Waals surface area contributed by atoms with E-state index in [2.05, 4.69) is 35.7 Å². The molecule has 0 N–H and O–H groups in total. The maximum Gasteiger partial charge on any atom is 0.241 e. The number of rotatable bonds is 9. The minimum atomic E-state index is -0.808. The number of hydrogen-bond donors (Lipinski definition) is 0. The molecule has 1 aliphatic heterocycles. The lowest BCUT2D eigenvalue weighted by molar-refractivity contribution is -0.109. The Morgan fingerprint density at radius 3 is 2.54 bits per heavy atom. The van der Waals surface area contributed by atoms with Crippen molar-refractivity contribution in [3.05, 3.63) is 64.0 Å². The highest BCUT2D eigenvalue weighted by atomic mass is 79.9. The molecule has 0 radical (unpaired) electrons. The molecule has 0 atom stereocenters. The van der Waals surface area contributed by atoms with Crippen LogP contribution in [0.2, 0.25) is 0 Å². The molecule has 0 unspecified atom stereocenters. The number of aldehydes is 1. The van der Waals surface area contributed by atoms with Crippen LogP contribution in [0.1, 0.15) is 0 Å². The Morgan fingerprint density at radius 1 is 1.00 bits per heavy atom. The van der Waals surface area contributed by atoms with E-state index in [1.165, 1.54) is 17.4 Å². The number of nitrogens with zero attached hydrogens (tertiary/aromatic N) is 4. The van der Waals surface area contributed by atoms with Gasteiger partial charge >= 0.3 is 0 Å². The van der Waals surface area contributed by atoms with E-state index < -0.39 is 11.6 Å². The van der Waals surface area contributed by atoms with E-state index in [9.17, 15) is 13.6 Å². The molecule has 1 aliphatic rings. The average molecular weight is 589 g/mol. The molecule has 0 aliphatic carbocycles.